The van der Waals surface area contributed by atoms with Crippen LogP contribution in [0, 0.1) is 0 Å². The van der Waals surface area contributed by atoms with Crippen molar-refractivity contribution in [2.24, 2.45) is 0 Å². The molecular formula is C20H19NO3S. The summed E-state index contributed by atoms with van der Waals surface area (Å²) in [4.78, 5) is 13.1. The molecule has 0 fully saturated rings. The second kappa shape index (κ2) is 8.35. The number of carbonyl (C=O) groups is 1. The van der Waals surface area contributed by atoms with Crippen LogP contribution < -0.4 is 14.8 Å². The minimum atomic E-state index is -0.0767. The maximum atomic E-state index is 12.4. The van der Waals surface area contributed by atoms with E-state index in [0.717, 1.165) is 27.5 Å². The molecule has 0 bridgehead atoms. The minimum Gasteiger partial charge on any atom is -0.497 e. The van der Waals surface area contributed by atoms with Crippen molar-refractivity contribution in [3.8, 4) is 22.6 Å². The SMILES string of the molecule is COc1ccc(OCCNC(=O)c2sccc2-c2ccccc2)cc1. The number of ether oxygens (including phenoxy) is 2. The largest absolute Gasteiger partial charge is 0.497 e. The number of thiophene rings is 1. The van der Waals surface area contributed by atoms with Gasteiger partial charge in [0.2, 0.25) is 0 Å². The van der Waals surface area contributed by atoms with Crippen molar-refractivity contribution >= 4 is 17.2 Å². The van der Waals surface area contributed by atoms with Crippen molar-refractivity contribution in [2.45, 2.75) is 0 Å². The van der Waals surface area contributed by atoms with Crippen LogP contribution in [0.5, 0.6) is 11.5 Å². The second-order valence-corrected chi connectivity index (χ2v) is 6.23. The van der Waals surface area contributed by atoms with E-state index in [1.54, 1.807) is 7.11 Å². The molecule has 128 valence electrons. The van der Waals surface area contributed by atoms with Gasteiger partial charge in [-0.15, -0.1) is 11.3 Å². The lowest BCUT2D eigenvalue weighted by atomic mass is 10.1. The summed E-state index contributed by atoms with van der Waals surface area (Å²) in [6.07, 6.45) is 0. The number of benzene rings is 2. The van der Waals surface area contributed by atoms with Gasteiger partial charge < -0.3 is 14.8 Å². The van der Waals surface area contributed by atoms with Crippen LogP contribution in [0.4, 0.5) is 0 Å². The molecule has 3 aromatic rings. The summed E-state index contributed by atoms with van der Waals surface area (Å²) in [5.74, 6) is 1.45. The van der Waals surface area contributed by atoms with Crippen LogP contribution in [0.15, 0.2) is 66.0 Å². The third-order valence-electron chi connectivity index (χ3n) is 3.67. The first-order valence-corrected chi connectivity index (χ1v) is 8.84. The summed E-state index contributed by atoms with van der Waals surface area (Å²) in [6, 6.07) is 19.2. The molecule has 1 N–H and O–H groups in total. The van der Waals surface area contributed by atoms with Gasteiger partial charge in [-0.3, -0.25) is 4.79 Å². The number of hydrogen-bond acceptors (Lipinski definition) is 4. The highest BCUT2D eigenvalue weighted by molar-refractivity contribution is 7.12. The normalized spacial score (nSPS) is 10.3. The van der Waals surface area contributed by atoms with Gasteiger partial charge in [0.15, 0.2) is 0 Å². The summed E-state index contributed by atoms with van der Waals surface area (Å²) in [6.45, 7) is 0.848. The van der Waals surface area contributed by atoms with Gasteiger partial charge in [0, 0.05) is 5.56 Å². The van der Waals surface area contributed by atoms with E-state index in [-0.39, 0.29) is 5.91 Å². The highest BCUT2D eigenvalue weighted by Gasteiger charge is 2.13. The van der Waals surface area contributed by atoms with Gasteiger partial charge >= 0.3 is 0 Å². The van der Waals surface area contributed by atoms with Crippen molar-refractivity contribution in [3.63, 3.8) is 0 Å². The quantitative estimate of drug-likeness (QED) is 0.647. The molecule has 1 heterocycles. The maximum Gasteiger partial charge on any atom is 0.262 e. The molecule has 4 nitrogen and oxygen atoms in total. The lowest BCUT2D eigenvalue weighted by Gasteiger charge is -2.09. The summed E-state index contributed by atoms with van der Waals surface area (Å²) >= 11 is 1.44. The molecular weight excluding hydrogens is 334 g/mol. The number of rotatable bonds is 7. The molecule has 0 aliphatic heterocycles. The Bertz CT molecular complexity index is 812. The molecule has 0 spiro atoms. The Balaban J connectivity index is 1.52. The van der Waals surface area contributed by atoms with E-state index in [2.05, 4.69) is 5.32 Å². The van der Waals surface area contributed by atoms with Gasteiger partial charge in [-0.05, 0) is 41.3 Å². The monoisotopic (exact) mass is 353 g/mol. The third-order valence-corrected chi connectivity index (χ3v) is 4.59. The van der Waals surface area contributed by atoms with Crippen molar-refractivity contribution in [3.05, 3.63) is 70.9 Å². The molecule has 1 amide bonds. The molecule has 25 heavy (non-hydrogen) atoms. The number of hydrogen-bond donors (Lipinski definition) is 1. The van der Waals surface area contributed by atoms with Crippen molar-refractivity contribution in [2.75, 3.05) is 20.3 Å². The van der Waals surface area contributed by atoms with Crippen molar-refractivity contribution in [1.29, 1.82) is 0 Å². The zero-order valence-corrected chi connectivity index (χ0v) is 14.7. The molecule has 0 radical (unpaired) electrons. The number of amides is 1. The number of carbonyl (C=O) groups excluding carboxylic acids is 1. The van der Waals surface area contributed by atoms with E-state index in [1.165, 1.54) is 11.3 Å². The zero-order chi connectivity index (χ0) is 17.5. The highest BCUT2D eigenvalue weighted by Crippen LogP contribution is 2.28. The topological polar surface area (TPSA) is 47.6 Å². The molecule has 0 aliphatic rings. The lowest BCUT2D eigenvalue weighted by molar-refractivity contribution is 0.0951. The molecule has 0 unspecified atom stereocenters. The third kappa shape index (κ3) is 4.39. The second-order valence-electron chi connectivity index (χ2n) is 5.31. The summed E-state index contributed by atoms with van der Waals surface area (Å²) in [5.41, 5.74) is 2.00. The Morgan fingerprint density at radius 3 is 2.44 bits per heavy atom. The smallest absolute Gasteiger partial charge is 0.262 e. The van der Waals surface area contributed by atoms with Gasteiger partial charge in [0.05, 0.1) is 18.5 Å². The van der Waals surface area contributed by atoms with Crippen LogP contribution in [-0.2, 0) is 0 Å². The minimum absolute atomic E-state index is 0.0767. The van der Waals surface area contributed by atoms with Crippen molar-refractivity contribution in [1.82, 2.24) is 5.32 Å². The zero-order valence-electron chi connectivity index (χ0n) is 13.9. The Morgan fingerprint density at radius 1 is 1.00 bits per heavy atom. The van der Waals surface area contributed by atoms with Crippen LogP contribution in [0.3, 0.4) is 0 Å². The Hall–Kier alpha value is -2.79. The van der Waals surface area contributed by atoms with E-state index in [9.17, 15) is 4.79 Å². The first-order chi connectivity index (χ1) is 12.3. The lowest BCUT2D eigenvalue weighted by Crippen LogP contribution is -2.27. The fourth-order valence-corrected chi connectivity index (χ4v) is 3.25. The summed E-state index contributed by atoms with van der Waals surface area (Å²) in [7, 11) is 1.62. The molecule has 0 aliphatic carbocycles. The Labute approximate surface area is 151 Å². The molecule has 0 saturated carbocycles. The summed E-state index contributed by atoms with van der Waals surface area (Å²) in [5, 5.41) is 4.85. The first kappa shape index (κ1) is 17.0. The fraction of sp³-hybridized carbons (Fsp3) is 0.150. The molecule has 1 aromatic heterocycles. The van der Waals surface area contributed by atoms with E-state index < -0.39 is 0 Å². The number of methoxy groups -OCH3 is 1. The Kier molecular flexibility index (Phi) is 5.69. The maximum absolute atomic E-state index is 12.4. The summed E-state index contributed by atoms with van der Waals surface area (Å²) < 4.78 is 10.7. The fourth-order valence-electron chi connectivity index (χ4n) is 2.42. The van der Waals surface area contributed by atoms with E-state index in [1.807, 2.05) is 66.0 Å². The standard InChI is InChI=1S/C20H19NO3S/c1-23-16-7-9-17(10-8-16)24-13-12-21-20(22)19-18(11-14-25-19)15-5-3-2-4-6-15/h2-11,14H,12-13H2,1H3,(H,21,22). The van der Waals surface area contributed by atoms with Gasteiger partial charge in [0.25, 0.3) is 5.91 Å². The van der Waals surface area contributed by atoms with Gasteiger partial charge in [0.1, 0.15) is 18.1 Å². The first-order valence-electron chi connectivity index (χ1n) is 7.96. The van der Waals surface area contributed by atoms with Gasteiger partial charge in [-0.25, -0.2) is 0 Å². The number of nitrogens with one attached hydrogen (secondary N) is 1. The van der Waals surface area contributed by atoms with Crippen LogP contribution >= 0.6 is 11.3 Å². The van der Waals surface area contributed by atoms with Crippen LogP contribution in [0.1, 0.15) is 9.67 Å². The van der Waals surface area contributed by atoms with E-state index in [0.29, 0.717) is 13.2 Å². The highest BCUT2D eigenvalue weighted by atomic mass is 32.1. The van der Waals surface area contributed by atoms with Crippen LogP contribution in [0.2, 0.25) is 0 Å². The van der Waals surface area contributed by atoms with Crippen LogP contribution in [-0.4, -0.2) is 26.2 Å². The van der Waals surface area contributed by atoms with E-state index in [4.69, 9.17) is 9.47 Å². The molecule has 5 heteroatoms. The predicted octanol–water partition coefficient (Wildman–Crippen LogP) is 4.23. The van der Waals surface area contributed by atoms with Gasteiger partial charge in [-0.2, -0.15) is 0 Å². The molecule has 0 atom stereocenters. The Morgan fingerprint density at radius 2 is 1.72 bits per heavy atom. The molecule has 0 saturated heterocycles. The van der Waals surface area contributed by atoms with Gasteiger partial charge in [-0.1, -0.05) is 30.3 Å². The predicted molar refractivity (Wildman–Crippen MR) is 101 cm³/mol. The average Bonchev–Trinajstić information content (AvgIpc) is 3.16. The molecule has 3 rings (SSSR count). The van der Waals surface area contributed by atoms with Crippen LogP contribution in [0.25, 0.3) is 11.1 Å². The molecule has 2 aromatic carbocycles. The van der Waals surface area contributed by atoms with Crippen molar-refractivity contribution < 1.29 is 14.3 Å². The average molecular weight is 353 g/mol. The van der Waals surface area contributed by atoms with E-state index >= 15 is 0 Å².